The van der Waals surface area contributed by atoms with E-state index >= 15 is 0 Å². The van der Waals surface area contributed by atoms with Gasteiger partial charge in [0.2, 0.25) is 0 Å². The van der Waals surface area contributed by atoms with Gasteiger partial charge in [-0.1, -0.05) is 12.1 Å². The number of sulfone groups is 1. The molecule has 0 bridgehead atoms. The third-order valence-electron chi connectivity index (χ3n) is 3.36. The summed E-state index contributed by atoms with van der Waals surface area (Å²) in [4.78, 5) is 0. The molecule has 0 N–H and O–H groups in total. The fraction of sp³-hybridized carbons (Fsp3) is 0.600. The molecule has 1 aromatic rings. The molecular formula is C15H22ClFO2S. The first kappa shape index (κ1) is 17.4. The van der Waals surface area contributed by atoms with Crippen molar-refractivity contribution < 1.29 is 12.8 Å². The number of rotatable bonds is 6. The summed E-state index contributed by atoms with van der Waals surface area (Å²) in [5.74, 6) is 0.244. The van der Waals surface area contributed by atoms with E-state index in [2.05, 4.69) is 0 Å². The second kappa shape index (κ2) is 6.90. The molecule has 20 heavy (non-hydrogen) atoms. The van der Waals surface area contributed by atoms with E-state index in [1.54, 1.807) is 26.8 Å². The highest BCUT2D eigenvalue weighted by molar-refractivity contribution is 7.92. The minimum atomic E-state index is -3.14. The molecule has 1 aromatic carbocycles. The van der Waals surface area contributed by atoms with Gasteiger partial charge < -0.3 is 0 Å². The van der Waals surface area contributed by atoms with Crippen LogP contribution in [0.15, 0.2) is 24.3 Å². The van der Waals surface area contributed by atoms with Crippen molar-refractivity contribution in [2.75, 3.05) is 11.6 Å². The van der Waals surface area contributed by atoms with Crippen LogP contribution in [0.4, 0.5) is 4.39 Å². The third-order valence-corrected chi connectivity index (χ3v) is 6.44. The minimum absolute atomic E-state index is 0.0376. The van der Waals surface area contributed by atoms with Gasteiger partial charge in [-0.25, -0.2) is 12.8 Å². The van der Waals surface area contributed by atoms with Gasteiger partial charge in [0.15, 0.2) is 9.84 Å². The highest BCUT2D eigenvalue weighted by Gasteiger charge is 2.29. The van der Waals surface area contributed by atoms with Crippen molar-refractivity contribution in [3.05, 3.63) is 35.6 Å². The van der Waals surface area contributed by atoms with Crippen LogP contribution in [0.3, 0.4) is 0 Å². The van der Waals surface area contributed by atoms with Gasteiger partial charge in [0.05, 0.1) is 10.5 Å². The predicted molar refractivity (Wildman–Crippen MR) is 82.5 cm³/mol. The molecule has 0 saturated carbocycles. The lowest BCUT2D eigenvalue weighted by atomic mass is 9.99. The first-order valence-corrected chi connectivity index (χ1v) is 8.87. The summed E-state index contributed by atoms with van der Waals surface area (Å²) >= 11 is 5.91. The first-order chi connectivity index (χ1) is 9.15. The monoisotopic (exact) mass is 320 g/mol. The molecular weight excluding hydrogens is 299 g/mol. The van der Waals surface area contributed by atoms with Crippen molar-refractivity contribution in [3.63, 3.8) is 0 Å². The molecule has 1 unspecified atom stereocenters. The Morgan fingerprint density at radius 3 is 2.45 bits per heavy atom. The molecule has 0 aliphatic carbocycles. The Hall–Kier alpha value is -0.610. The Morgan fingerprint density at radius 1 is 1.30 bits per heavy atom. The number of halogens is 2. The first-order valence-electron chi connectivity index (χ1n) is 6.68. The van der Waals surface area contributed by atoms with Crippen LogP contribution >= 0.6 is 11.6 Å². The van der Waals surface area contributed by atoms with E-state index in [1.807, 2.05) is 6.07 Å². The second-order valence-electron chi connectivity index (χ2n) is 6.07. The van der Waals surface area contributed by atoms with Crippen LogP contribution in [0.1, 0.15) is 32.8 Å². The zero-order valence-corrected chi connectivity index (χ0v) is 13.8. The van der Waals surface area contributed by atoms with Crippen molar-refractivity contribution in [2.24, 2.45) is 5.92 Å². The van der Waals surface area contributed by atoms with Gasteiger partial charge in [0, 0.05) is 5.88 Å². The van der Waals surface area contributed by atoms with Crippen LogP contribution in [-0.2, 0) is 16.3 Å². The van der Waals surface area contributed by atoms with Gasteiger partial charge in [-0.05, 0) is 57.2 Å². The summed E-state index contributed by atoms with van der Waals surface area (Å²) in [7, 11) is -3.14. The molecule has 0 radical (unpaired) electrons. The molecule has 0 amide bonds. The second-order valence-corrected chi connectivity index (χ2v) is 9.25. The highest BCUT2D eigenvalue weighted by atomic mass is 35.5. The van der Waals surface area contributed by atoms with Crippen LogP contribution in [0.5, 0.6) is 0 Å². The van der Waals surface area contributed by atoms with E-state index in [-0.39, 0.29) is 17.5 Å². The summed E-state index contributed by atoms with van der Waals surface area (Å²) < 4.78 is 36.5. The average molecular weight is 321 g/mol. The van der Waals surface area contributed by atoms with Crippen molar-refractivity contribution in [1.82, 2.24) is 0 Å². The maximum atomic E-state index is 13.1. The van der Waals surface area contributed by atoms with Gasteiger partial charge >= 0.3 is 0 Å². The summed E-state index contributed by atoms with van der Waals surface area (Å²) in [6, 6.07) is 6.35. The molecule has 114 valence electrons. The van der Waals surface area contributed by atoms with Gasteiger partial charge in [-0.2, -0.15) is 0 Å². The van der Waals surface area contributed by atoms with E-state index in [1.165, 1.54) is 12.1 Å². The van der Waals surface area contributed by atoms with Crippen molar-refractivity contribution in [2.45, 2.75) is 38.4 Å². The van der Waals surface area contributed by atoms with E-state index in [9.17, 15) is 12.8 Å². The number of hydrogen-bond acceptors (Lipinski definition) is 2. The fourth-order valence-electron chi connectivity index (χ4n) is 1.86. The molecule has 0 aliphatic rings. The van der Waals surface area contributed by atoms with Crippen molar-refractivity contribution >= 4 is 21.4 Å². The molecule has 0 fully saturated rings. The highest BCUT2D eigenvalue weighted by Crippen LogP contribution is 2.21. The molecule has 1 rings (SSSR count). The van der Waals surface area contributed by atoms with Gasteiger partial charge in [-0.3, -0.25) is 0 Å². The maximum Gasteiger partial charge on any atom is 0.155 e. The van der Waals surface area contributed by atoms with Gasteiger partial charge in [0.25, 0.3) is 0 Å². The summed E-state index contributed by atoms with van der Waals surface area (Å²) in [6.07, 6.45) is 1.10. The molecule has 0 spiro atoms. The SMILES string of the molecule is CC(C)(C)S(=O)(=O)CCC(CCl)Cc1cccc(F)c1. The minimum Gasteiger partial charge on any atom is -0.228 e. The Bertz CT molecular complexity index is 535. The normalized spacial score (nSPS) is 14.2. The van der Waals surface area contributed by atoms with Crippen LogP contribution in [0.2, 0.25) is 0 Å². The van der Waals surface area contributed by atoms with Crippen molar-refractivity contribution in [1.29, 1.82) is 0 Å². The van der Waals surface area contributed by atoms with E-state index in [0.29, 0.717) is 18.7 Å². The Kier molecular flexibility index (Phi) is 6.02. The number of benzene rings is 1. The lowest BCUT2D eigenvalue weighted by Crippen LogP contribution is -2.31. The van der Waals surface area contributed by atoms with Crippen molar-refractivity contribution in [3.8, 4) is 0 Å². The molecule has 0 saturated heterocycles. The van der Waals surface area contributed by atoms with Crippen LogP contribution in [0.25, 0.3) is 0 Å². The lowest BCUT2D eigenvalue weighted by molar-refractivity contribution is 0.528. The largest absolute Gasteiger partial charge is 0.228 e. The molecule has 0 heterocycles. The zero-order valence-electron chi connectivity index (χ0n) is 12.2. The molecule has 0 aliphatic heterocycles. The Labute approximate surface area is 126 Å². The Balaban J connectivity index is 2.65. The van der Waals surface area contributed by atoms with Gasteiger partial charge in [0.1, 0.15) is 5.82 Å². The van der Waals surface area contributed by atoms with Crippen LogP contribution in [0, 0.1) is 11.7 Å². The summed E-state index contributed by atoms with van der Waals surface area (Å²) in [5.41, 5.74) is 0.851. The smallest absolute Gasteiger partial charge is 0.155 e. The van der Waals surface area contributed by atoms with E-state index in [4.69, 9.17) is 11.6 Å². The average Bonchev–Trinajstić information content (AvgIpc) is 2.33. The molecule has 5 heteroatoms. The molecule has 2 nitrogen and oxygen atoms in total. The van der Waals surface area contributed by atoms with E-state index < -0.39 is 14.6 Å². The maximum absolute atomic E-state index is 13.1. The fourth-order valence-corrected chi connectivity index (χ4v) is 3.38. The third kappa shape index (κ3) is 5.06. The van der Waals surface area contributed by atoms with Crippen LogP contribution < -0.4 is 0 Å². The quantitative estimate of drug-likeness (QED) is 0.747. The van der Waals surface area contributed by atoms with Gasteiger partial charge in [-0.15, -0.1) is 11.6 Å². The molecule has 1 atom stereocenters. The summed E-state index contributed by atoms with van der Waals surface area (Å²) in [5, 5.41) is 0. The Morgan fingerprint density at radius 2 is 1.95 bits per heavy atom. The number of hydrogen-bond donors (Lipinski definition) is 0. The number of alkyl halides is 1. The van der Waals surface area contributed by atoms with E-state index in [0.717, 1.165) is 5.56 Å². The lowest BCUT2D eigenvalue weighted by Gasteiger charge is -2.21. The summed E-state index contributed by atoms with van der Waals surface area (Å²) in [6.45, 7) is 5.10. The standard InChI is InChI=1S/C15H22ClFO2S/c1-15(2,3)20(18,19)8-7-13(11-16)9-12-5-4-6-14(17)10-12/h4-6,10,13H,7-9,11H2,1-3H3. The van der Waals surface area contributed by atoms with Crippen LogP contribution in [-0.4, -0.2) is 24.8 Å². The predicted octanol–water partition coefficient (Wildman–Crippen LogP) is 3.83. The molecule has 0 aromatic heterocycles. The topological polar surface area (TPSA) is 34.1 Å². The zero-order chi connectivity index (χ0) is 15.4.